The monoisotopic (exact) mass is 339 g/mol. The molecule has 0 saturated carbocycles. The lowest BCUT2D eigenvalue weighted by Crippen LogP contribution is -2.51. The maximum atomic E-state index is 12.9. The first-order valence-corrected chi connectivity index (χ1v) is 8.02. The summed E-state index contributed by atoms with van der Waals surface area (Å²) in [4.78, 5) is 16.8. The van der Waals surface area contributed by atoms with E-state index in [1.165, 1.54) is 4.90 Å². The number of carbonyl (C=O) groups excluding carboxylic acids is 1. The Hall–Kier alpha value is -2.02. The normalized spacial score (nSPS) is 20.3. The molecule has 1 unspecified atom stereocenters. The van der Waals surface area contributed by atoms with Crippen molar-refractivity contribution in [2.45, 2.75) is 31.5 Å². The number of halogens is 3. The number of aromatic amines is 1. The van der Waals surface area contributed by atoms with Crippen molar-refractivity contribution in [3.8, 4) is 0 Å². The Labute approximate surface area is 137 Å². The molecule has 7 heteroatoms. The highest BCUT2D eigenvalue weighted by molar-refractivity contribution is 5.86. The van der Waals surface area contributed by atoms with Gasteiger partial charge in [0.25, 0.3) is 0 Å². The highest BCUT2D eigenvalue weighted by Gasteiger charge is 2.43. The SMILES string of the molecule is N[C@@H](Cc1c[nH]c2ccccc12)C(=O)N1CCCC(C(F)(F)F)C1. The van der Waals surface area contributed by atoms with E-state index in [0.29, 0.717) is 19.4 Å². The number of likely N-dealkylation sites (tertiary alicyclic amines) is 1. The second-order valence-electron chi connectivity index (χ2n) is 6.34. The fraction of sp³-hybridized carbons (Fsp3) is 0.471. The number of hydrogen-bond acceptors (Lipinski definition) is 2. The Kier molecular flexibility index (Phi) is 4.54. The molecule has 1 aromatic heterocycles. The van der Waals surface area contributed by atoms with Gasteiger partial charge in [0.15, 0.2) is 0 Å². The fourth-order valence-electron chi connectivity index (χ4n) is 3.30. The Bertz CT molecular complexity index is 725. The summed E-state index contributed by atoms with van der Waals surface area (Å²) < 4.78 is 38.7. The fourth-order valence-corrected chi connectivity index (χ4v) is 3.30. The van der Waals surface area contributed by atoms with Gasteiger partial charge >= 0.3 is 6.18 Å². The molecule has 1 saturated heterocycles. The van der Waals surface area contributed by atoms with Gasteiger partial charge in [-0.3, -0.25) is 4.79 Å². The van der Waals surface area contributed by atoms with Crippen LogP contribution in [-0.4, -0.2) is 41.1 Å². The zero-order chi connectivity index (χ0) is 17.3. The van der Waals surface area contributed by atoms with Crippen molar-refractivity contribution < 1.29 is 18.0 Å². The molecule has 1 aliphatic rings. The molecule has 2 heterocycles. The number of carbonyl (C=O) groups is 1. The van der Waals surface area contributed by atoms with E-state index in [1.807, 2.05) is 24.3 Å². The molecule has 130 valence electrons. The molecule has 3 N–H and O–H groups in total. The zero-order valence-electron chi connectivity index (χ0n) is 13.1. The molecule has 1 aliphatic heterocycles. The third-order valence-corrected chi connectivity index (χ3v) is 4.63. The van der Waals surface area contributed by atoms with Crippen LogP contribution in [0.4, 0.5) is 13.2 Å². The molecule has 2 aromatic rings. The quantitative estimate of drug-likeness (QED) is 0.903. The molecule has 0 spiro atoms. The van der Waals surface area contributed by atoms with Crippen LogP contribution < -0.4 is 5.73 Å². The van der Waals surface area contributed by atoms with Crippen LogP contribution in [-0.2, 0) is 11.2 Å². The number of alkyl halides is 3. The minimum atomic E-state index is -4.26. The van der Waals surface area contributed by atoms with Crippen LogP contribution in [0, 0.1) is 5.92 Å². The number of aromatic nitrogens is 1. The molecule has 0 radical (unpaired) electrons. The number of nitrogens with zero attached hydrogens (tertiary/aromatic N) is 1. The van der Waals surface area contributed by atoms with Gasteiger partial charge in [0.2, 0.25) is 5.91 Å². The number of hydrogen-bond donors (Lipinski definition) is 2. The largest absolute Gasteiger partial charge is 0.393 e. The van der Waals surface area contributed by atoms with Crippen molar-refractivity contribution in [3.63, 3.8) is 0 Å². The van der Waals surface area contributed by atoms with E-state index in [1.54, 1.807) is 6.20 Å². The van der Waals surface area contributed by atoms with Gasteiger partial charge in [0.1, 0.15) is 0 Å². The van der Waals surface area contributed by atoms with Gasteiger partial charge in [-0.2, -0.15) is 13.2 Å². The predicted molar refractivity (Wildman–Crippen MR) is 85.3 cm³/mol. The third kappa shape index (κ3) is 3.40. The number of rotatable bonds is 3. The number of amides is 1. The van der Waals surface area contributed by atoms with Crippen LogP contribution in [0.1, 0.15) is 18.4 Å². The minimum absolute atomic E-state index is 0.0744. The first-order valence-electron chi connectivity index (χ1n) is 8.02. The molecule has 1 amide bonds. The van der Waals surface area contributed by atoms with Crippen molar-refractivity contribution in [1.29, 1.82) is 0 Å². The van der Waals surface area contributed by atoms with Crippen molar-refractivity contribution in [2.24, 2.45) is 11.7 Å². The molecular weight excluding hydrogens is 319 g/mol. The Morgan fingerprint density at radius 2 is 2.12 bits per heavy atom. The lowest BCUT2D eigenvalue weighted by Gasteiger charge is -2.35. The molecule has 3 rings (SSSR count). The van der Waals surface area contributed by atoms with Crippen molar-refractivity contribution in [1.82, 2.24) is 9.88 Å². The summed E-state index contributed by atoms with van der Waals surface area (Å²) in [5, 5.41) is 0.979. The number of nitrogens with one attached hydrogen (secondary N) is 1. The second-order valence-corrected chi connectivity index (χ2v) is 6.34. The maximum Gasteiger partial charge on any atom is 0.393 e. The van der Waals surface area contributed by atoms with Gasteiger partial charge in [-0.25, -0.2) is 0 Å². The van der Waals surface area contributed by atoms with Crippen LogP contribution in [0.2, 0.25) is 0 Å². The topological polar surface area (TPSA) is 62.1 Å². The lowest BCUT2D eigenvalue weighted by atomic mass is 9.96. The first-order chi connectivity index (χ1) is 11.4. The van der Waals surface area contributed by atoms with Crippen molar-refractivity contribution >= 4 is 16.8 Å². The van der Waals surface area contributed by atoms with Gasteiger partial charge in [-0.1, -0.05) is 18.2 Å². The molecule has 4 nitrogen and oxygen atoms in total. The molecule has 1 aromatic carbocycles. The van der Waals surface area contributed by atoms with Gasteiger partial charge in [-0.05, 0) is 30.9 Å². The number of fused-ring (bicyclic) bond motifs is 1. The summed E-state index contributed by atoms with van der Waals surface area (Å²) >= 11 is 0. The van der Waals surface area contributed by atoms with Gasteiger partial charge in [0, 0.05) is 30.2 Å². The first kappa shape index (κ1) is 16.8. The van der Waals surface area contributed by atoms with Crippen molar-refractivity contribution in [2.75, 3.05) is 13.1 Å². The van der Waals surface area contributed by atoms with E-state index in [4.69, 9.17) is 5.73 Å². The maximum absolute atomic E-state index is 12.9. The standard InChI is InChI=1S/C17H20F3N3O/c18-17(19,20)12-4-3-7-23(10-12)16(24)14(21)8-11-9-22-15-6-2-1-5-13(11)15/h1-2,5-6,9,12,14,22H,3-4,7-8,10,21H2/t12?,14-/m0/s1. The van der Waals surface area contributed by atoms with Crippen LogP contribution >= 0.6 is 0 Å². The summed E-state index contributed by atoms with van der Waals surface area (Å²) in [5.74, 6) is -1.86. The van der Waals surface area contributed by atoms with Gasteiger partial charge in [0.05, 0.1) is 12.0 Å². The summed E-state index contributed by atoms with van der Waals surface area (Å²) in [6.45, 7) is 0.0525. The van der Waals surface area contributed by atoms with E-state index >= 15 is 0 Å². The number of piperidine rings is 1. The third-order valence-electron chi connectivity index (χ3n) is 4.63. The lowest BCUT2D eigenvalue weighted by molar-refractivity contribution is -0.188. The summed E-state index contributed by atoms with van der Waals surface area (Å²) in [5.41, 5.74) is 7.84. The molecular formula is C17H20F3N3O. The number of para-hydroxylation sites is 1. The molecule has 0 aliphatic carbocycles. The van der Waals surface area contributed by atoms with E-state index in [9.17, 15) is 18.0 Å². The molecule has 24 heavy (non-hydrogen) atoms. The van der Waals surface area contributed by atoms with E-state index in [-0.39, 0.29) is 13.0 Å². The number of nitrogens with two attached hydrogens (primary N) is 1. The Morgan fingerprint density at radius 1 is 1.38 bits per heavy atom. The van der Waals surface area contributed by atoms with E-state index in [0.717, 1.165) is 16.5 Å². The predicted octanol–water partition coefficient (Wildman–Crippen LogP) is 2.84. The van der Waals surface area contributed by atoms with E-state index in [2.05, 4.69) is 4.98 Å². The Morgan fingerprint density at radius 3 is 2.88 bits per heavy atom. The molecule has 0 bridgehead atoms. The van der Waals surface area contributed by atoms with E-state index < -0.39 is 24.0 Å². The average molecular weight is 339 g/mol. The summed E-state index contributed by atoms with van der Waals surface area (Å²) in [6, 6.07) is 6.81. The average Bonchev–Trinajstić information content (AvgIpc) is 2.96. The van der Waals surface area contributed by atoms with Crippen LogP contribution in [0.5, 0.6) is 0 Å². The molecule has 1 fully saturated rings. The van der Waals surface area contributed by atoms with Crippen LogP contribution in [0.25, 0.3) is 10.9 Å². The zero-order valence-corrected chi connectivity index (χ0v) is 13.1. The summed E-state index contributed by atoms with van der Waals surface area (Å²) in [6.07, 6.45) is -1.73. The smallest absolute Gasteiger partial charge is 0.361 e. The summed E-state index contributed by atoms with van der Waals surface area (Å²) in [7, 11) is 0. The van der Waals surface area contributed by atoms with Crippen LogP contribution in [0.15, 0.2) is 30.5 Å². The van der Waals surface area contributed by atoms with Gasteiger partial charge < -0.3 is 15.6 Å². The van der Waals surface area contributed by atoms with Gasteiger partial charge in [-0.15, -0.1) is 0 Å². The van der Waals surface area contributed by atoms with Crippen molar-refractivity contribution in [3.05, 3.63) is 36.0 Å². The molecule has 2 atom stereocenters. The highest BCUT2D eigenvalue weighted by atomic mass is 19.4. The number of benzene rings is 1. The van der Waals surface area contributed by atoms with Crippen LogP contribution in [0.3, 0.4) is 0 Å². The minimum Gasteiger partial charge on any atom is -0.361 e. The number of H-pyrrole nitrogens is 1. The Balaban J connectivity index is 1.68. The highest BCUT2D eigenvalue weighted by Crippen LogP contribution is 2.33. The second kappa shape index (κ2) is 6.47.